The zero-order valence-electron chi connectivity index (χ0n) is 12.2. The van der Waals surface area contributed by atoms with E-state index >= 15 is 0 Å². The van der Waals surface area contributed by atoms with Gasteiger partial charge < -0.3 is 9.84 Å². The van der Waals surface area contributed by atoms with Gasteiger partial charge in [-0.2, -0.15) is 4.31 Å². The van der Waals surface area contributed by atoms with E-state index in [4.69, 9.17) is 4.74 Å². The Balaban J connectivity index is 2.33. The Bertz CT molecular complexity index is 605. The molecule has 0 amide bonds. The highest BCUT2D eigenvalue weighted by molar-refractivity contribution is 9.10. The number of nitrogens with zero attached hydrogens (tertiary/aromatic N) is 1. The van der Waals surface area contributed by atoms with Gasteiger partial charge in [-0.15, -0.1) is 0 Å². The largest absolute Gasteiger partial charge is 0.492 e. The van der Waals surface area contributed by atoms with Gasteiger partial charge in [-0.3, -0.25) is 0 Å². The number of sulfonamides is 1. The molecule has 0 unspecified atom stereocenters. The molecule has 1 aromatic rings. The number of benzene rings is 1. The van der Waals surface area contributed by atoms with E-state index in [1.807, 2.05) is 6.92 Å². The second-order valence-electron chi connectivity index (χ2n) is 5.43. The van der Waals surface area contributed by atoms with Crippen molar-refractivity contribution in [3.63, 3.8) is 0 Å². The van der Waals surface area contributed by atoms with Crippen LogP contribution in [0.5, 0.6) is 5.75 Å². The minimum Gasteiger partial charge on any atom is -0.492 e. The van der Waals surface area contributed by atoms with E-state index < -0.39 is 15.6 Å². The van der Waals surface area contributed by atoms with E-state index in [2.05, 4.69) is 15.9 Å². The van der Waals surface area contributed by atoms with E-state index in [-0.39, 0.29) is 4.90 Å². The first-order valence-electron chi connectivity index (χ1n) is 6.91. The molecule has 118 valence electrons. The highest BCUT2D eigenvalue weighted by Crippen LogP contribution is 2.32. The number of ether oxygens (including phenoxy) is 1. The van der Waals surface area contributed by atoms with Crippen LogP contribution in [0.15, 0.2) is 27.6 Å². The molecule has 0 aromatic heterocycles. The van der Waals surface area contributed by atoms with Crippen LogP contribution in [-0.2, 0) is 10.0 Å². The Morgan fingerprint density at radius 2 is 2.00 bits per heavy atom. The first-order valence-corrected chi connectivity index (χ1v) is 9.14. The first kappa shape index (κ1) is 16.7. The molecule has 1 fully saturated rings. The van der Waals surface area contributed by atoms with Gasteiger partial charge in [-0.1, -0.05) is 15.9 Å². The summed E-state index contributed by atoms with van der Waals surface area (Å²) in [4.78, 5) is 0.167. The number of aliphatic hydroxyl groups is 1. The molecule has 2 rings (SSSR count). The van der Waals surface area contributed by atoms with Crippen LogP contribution in [0.25, 0.3) is 0 Å². The van der Waals surface area contributed by atoms with Gasteiger partial charge in [0.1, 0.15) is 10.6 Å². The van der Waals surface area contributed by atoms with Crippen molar-refractivity contribution < 1.29 is 18.3 Å². The zero-order valence-corrected chi connectivity index (χ0v) is 14.6. The highest BCUT2D eigenvalue weighted by Gasteiger charge is 2.35. The van der Waals surface area contributed by atoms with Gasteiger partial charge in [0.2, 0.25) is 10.0 Å². The van der Waals surface area contributed by atoms with E-state index in [1.54, 1.807) is 25.1 Å². The molecule has 1 saturated heterocycles. The molecule has 5 nitrogen and oxygen atoms in total. The van der Waals surface area contributed by atoms with Crippen LogP contribution in [-0.4, -0.2) is 43.1 Å². The molecule has 0 radical (unpaired) electrons. The standard InChI is InChI=1S/C14H20BrNO4S/c1-3-20-12-5-4-11(15)10-13(12)21(18,19)16-8-6-14(2,17)7-9-16/h4-5,10,17H,3,6-9H2,1-2H3. The monoisotopic (exact) mass is 377 g/mol. The van der Waals surface area contributed by atoms with Crippen molar-refractivity contribution >= 4 is 26.0 Å². The molecule has 7 heteroatoms. The molecule has 1 aromatic carbocycles. The number of rotatable bonds is 4. The summed E-state index contributed by atoms with van der Waals surface area (Å²) in [5.74, 6) is 0.359. The van der Waals surface area contributed by atoms with Crippen molar-refractivity contribution in [1.82, 2.24) is 4.31 Å². The van der Waals surface area contributed by atoms with E-state index in [0.29, 0.717) is 42.8 Å². The maximum Gasteiger partial charge on any atom is 0.246 e. The summed E-state index contributed by atoms with van der Waals surface area (Å²) in [6.45, 7) is 4.58. The van der Waals surface area contributed by atoms with Gasteiger partial charge in [0, 0.05) is 17.6 Å². The summed E-state index contributed by atoms with van der Waals surface area (Å²) in [7, 11) is -3.62. The lowest BCUT2D eigenvalue weighted by Gasteiger charge is -2.35. The van der Waals surface area contributed by atoms with Crippen molar-refractivity contribution in [3.05, 3.63) is 22.7 Å². The van der Waals surface area contributed by atoms with Gasteiger partial charge in [0.15, 0.2) is 0 Å². The molecule has 1 heterocycles. The third-order valence-corrected chi connectivity index (χ3v) is 6.04. The van der Waals surface area contributed by atoms with Crippen LogP contribution in [0.4, 0.5) is 0 Å². The average Bonchev–Trinajstić information content (AvgIpc) is 2.40. The van der Waals surface area contributed by atoms with Crippen LogP contribution < -0.4 is 4.74 Å². The van der Waals surface area contributed by atoms with Crippen LogP contribution in [0.3, 0.4) is 0 Å². The van der Waals surface area contributed by atoms with Crippen LogP contribution in [0, 0.1) is 0 Å². The van der Waals surface area contributed by atoms with Crippen molar-refractivity contribution in [3.8, 4) is 5.75 Å². The van der Waals surface area contributed by atoms with E-state index in [0.717, 1.165) is 0 Å². The summed E-state index contributed by atoms with van der Waals surface area (Å²) in [6.07, 6.45) is 0.869. The molecule has 1 aliphatic rings. The fourth-order valence-electron chi connectivity index (χ4n) is 2.31. The number of hydrogen-bond acceptors (Lipinski definition) is 4. The summed E-state index contributed by atoms with van der Waals surface area (Å²) in [5.41, 5.74) is -0.786. The average molecular weight is 378 g/mol. The number of hydrogen-bond donors (Lipinski definition) is 1. The van der Waals surface area contributed by atoms with Crippen molar-refractivity contribution in [2.75, 3.05) is 19.7 Å². The van der Waals surface area contributed by atoms with Gasteiger partial charge in [-0.25, -0.2) is 8.42 Å². The fraction of sp³-hybridized carbons (Fsp3) is 0.571. The van der Waals surface area contributed by atoms with Crippen molar-refractivity contribution in [2.45, 2.75) is 37.2 Å². The minimum atomic E-state index is -3.62. The van der Waals surface area contributed by atoms with Gasteiger partial charge >= 0.3 is 0 Å². The lowest BCUT2D eigenvalue weighted by Crippen LogP contribution is -2.45. The maximum absolute atomic E-state index is 12.8. The second-order valence-corrected chi connectivity index (χ2v) is 8.25. The van der Waals surface area contributed by atoms with Crippen molar-refractivity contribution in [2.24, 2.45) is 0 Å². The molecule has 0 saturated carbocycles. The normalized spacial score (nSPS) is 19.4. The van der Waals surface area contributed by atoms with E-state index in [1.165, 1.54) is 4.31 Å². The molecule has 1 aliphatic heterocycles. The molecule has 21 heavy (non-hydrogen) atoms. The maximum atomic E-state index is 12.8. The lowest BCUT2D eigenvalue weighted by atomic mass is 9.95. The molecule has 0 atom stereocenters. The SMILES string of the molecule is CCOc1ccc(Br)cc1S(=O)(=O)N1CCC(C)(O)CC1. The number of halogens is 1. The molecular weight excluding hydrogens is 358 g/mol. The Morgan fingerprint density at radius 1 is 1.38 bits per heavy atom. The third kappa shape index (κ3) is 3.77. The first-order chi connectivity index (χ1) is 9.76. The van der Waals surface area contributed by atoms with Gasteiger partial charge in [-0.05, 0) is 44.9 Å². The van der Waals surface area contributed by atoms with Crippen molar-refractivity contribution in [1.29, 1.82) is 0 Å². The summed E-state index contributed by atoms with van der Waals surface area (Å²) < 4.78 is 33.1. The lowest BCUT2D eigenvalue weighted by molar-refractivity contribution is 0.0126. The van der Waals surface area contributed by atoms with Gasteiger partial charge in [0.05, 0.1) is 12.2 Å². The quantitative estimate of drug-likeness (QED) is 0.874. The Labute approximate surface area is 134 Å². The third-order valence-electron chi connectivity index (χ3n) is 3.62. The molecule has 0 bridgehead atoms. The molecule has 1 N–H and O–H groups in total. The molecular formula is C14H20BrNO4S. The molecule has 0 spiro atoms. The van der Waals surface area contributed by atoms with Crippen LogP contribution in [0.2, 0.25) is 0 Å². The molecule has 0 aliphatic carbocycles. The van der Waals surface area contributed by atoms with Gasteiger partial charge in [0.25, 0.3) is 0 Å². The minimum absolute atomic E-state index is 0.167. The second kappa shape index (κ2) is 6.24. The van der Waals surface area contributed by atoms with E-state index in [9.17, 15) is 13.5 Å². The topological polar surface area (TPSA) is 66.8 Å². The van der Waals surface area contributed by atoms with Crippen LogP contribution >= 0.6 is 15.9 Å². The predicted octanol–water partition coefficient (Wildman–Crippen LogP) is 2.38. The summed E-state index contributed by atoms with van der Waals surface area (Å²) >= 11 is 3.30. The Morgan fingerprint density at radius 3 is 2.57 bits per heavy atom. The highest BCUT2D eigenvalue weighted by atomic mass is 79.9. The van der Waals surface area contributed by atoms with Crippen LogP contribution in [0.1, 0.15) is 26.7 Å². The summed E-state index contributed by atoms with van der Waals surface area (Å²) in [5, 5.41) is 9.96. The number of piperidine rings is 1. The fourth-order valence-corrected chi connectivity index (χ4v) is 4.42. The summed E-state index contributed by atoms with van der Waals surface area (Å²) in [6, 6.07) is 4.97. The Hall–Kier alpha value is -0.630. The zero-order chi connectivity index (χ0) is 15.7. The predicted molar refractivity (Wildman–Crippen MR) is 83.9 cm³/mol. The Kier molecular flexibility index (Phi) is 4.97. The smallest absolute Gasteiger partial charge is 0.246 e.